The van der Waals surface area contributed by atoms with Crippen molar-refractivity contribution in [2.75, 3.05) is 0 Å². The summed E-state index contributed by atoms with van der Waals surface area (Å²) in [5, 5.41) is 10.8. The zero-order valence-electron chi connectivity index (χ0n) is 10.8. The first-order chi connectivity index (χ1) is 10.2. The van der Waals surface area contributed by atoms with Crippen molar-refractivity contribution in [3.8, 4) is 6.07 Å². The van der Waals surface area contributed by atoms with Gasteiger partial charge >= 0.3 is 0 Å². The van der Waals surface area contributed by atoms with E-state index in [1.165, 1.54) is 23.9 Å². The SMILES string of the molecule is N#Cc1ccc(Sc2ccc(F)cc2F)c2ccccc12. The molecule has 4 heteroatoms. The van der Waals surface area contributed by atoms with Gasteiger partial charge in [0.25, 0.3) is 0 Å². The molecule has 3 aromatic carbocycles. The van der Waals surface area contributed by atoms with Crippen molar-refractivity contribution in [2.45, 2.75) is 9.79 Å². The molecule has 102 valence electrons. The first-order valence-corrected chi connectivity index (χ1v) is 7.05. The predicted octanol–water partition coefficient (Wildman–Crippen LogP) is 5.14. The molecular weight excluding hydrogens is 288 g/mol. The summed E-state index contributed by atoms with van der Waals surface area (Å²) in [6.07, 6.45) is 0. The zero-order valence-corrected chi connectivity index (χ0v) is 11.6. The maximum absolute atomic E-state index is 13.8. The van der Waals surface area contributed by atoms with E-state index in [-0.39, 0.29) is 0 Å². The topological polar surface area (TPSA) is 23.8 Å². The molecule has 0 fully saturated rings. The molecule has 1 nitrogen and oxygen atoms in total. The molecule has 0 N–H and O–H groups in total. The lowest BCUT2D eigenvalue weighted by Crippen LogP contribution is -1.86. The molecule has 0 amide bonds. The Morgan fingerprint density at radius 3 is 2.29 bits per heavy atom. The fourth-order valence-electron chi connectivity index (χ4n) is 2.13. The average molecular weight is 297 g/mol. The van der Waals surface area contributed by atoms with Crippen LogP contribution in [0.2, 0.25) is 0 Å². The number of rotatable bonds is 2. The van der Waals surface area contributed by atoms with Gasteiger partial charge in [0, 0.05) is 21.2 Å². The molecule has 0 aliphatic heterocycles. The van der Waals surface area contributed by atoms with Gasteiger partial charge in [0.1, 0.15) is 11.6 Å². The van der Waals surface area contributed by atoms with Gasteiger partial charge in [0.05, 0.1) is 11.6 Å². The molecule has 0 saturated heterocycles. The van der Waals surface area contributed by atoms with Crippen molar-refractivity contribution in [3.63, 3.8) is 0 Å². The van der Waals surface area contributed by atoms with Gasteiger partial charge < -0.3 is 0 Å². The van der Waals surface area contributed by atoms with E-state index < -0.39 is 11.6 Å². The first-order valence-electron chi connectivity index (χ1n) is 6.24. The number of benzene rings is 3. The van der Waals surface area contributed by atoms with Crippen molar-refractivity contribution in [1.82, 2.24) is 0 Å². The highest BCUT2D eigenvalue weighted by Gasteiger charge is 2.10. The van der Waals surface area contributed by atoms with Gasteiger partial charge in [-0.1, -0.05) is 36.0 Å². The normalized spacial score (nSPS) is 10.5. The summed E-state index contributed by atoms with van der Waals surface area (Å²) in [5.41, 5.74) is 0.578. The molecule has 0 heterocycles. The van der Waals surface area contributed by atoms with Crippen LogP contribution in [-0.2, 0) is 0 Å². The third kappa shape index (κ3) is 2.61. The summed E-state index contributed by atoms with van der Waals surface area (Å²) in [6.45, 7) is 0. The predicted molar refractivity (Wildman–Crippen MR) is 79.1 cm³/mol. The van der Waals surface area contributed by atoms with E-state index in [9.17, 15) is 8.78 Å². The molecular formula is C17H9F2NS. The fraction of sp³-hybridized carbons (Fsp3) is 0. The average Bonchev–Trinajstić information content (AvgIpc) is 2.50. The van der Waals surface area contributed by atoms with Gasteiger partial charge in [-0.25, -0.2) is 8.78 Å². The highest BCUT2D eigenvalue weighted by atomic mass is 32.2. The maximum Gasteiger partial charge on any atom is 0.140 e. The lowest BCUT2D eigenvalue weighted by atomic mass is 10.1. The van der Waals surface area contributed by atoms with Crippen molar-refractivity contribution in [2.24, 2.45) is 0 Å². The number of fused-ring (bicyclic) bond motifs is 1. The van der Waals surface area contributed by atoms with Crippen LogP contribution in [0.3, 0.4) is 0 Å². The maximum atomic E-state index is 13.8. The number of hydrogen-bond acceptors (Lipinski definition) is 2. The molecule has 3 aromatic rings. The molecule has 0 spiro atoms. The molecule has 0 aliphatic carbocycles. The molecule has 0 bridgehead atoms. The van der Waals surface area contributed by atoms with Crippen molar-refractivity contribution in [3.05, 3.63) is 71.8 Å². The van der Waals surface area contributed by atoms with E-state index in [1.54, 1.807) is 12.1 Å². The molecule has 0 aromatic heterocycles. The van der Waals surface area contributed by atoms with Gasteiger partial charge in [-0.05, 0) is 29.7 Å². The van der Waals surface area contributed by atoms with Crippen LogP contribution in [-0.4, -0.2) is 0 Å². The summed E-state index contributed by atoms with van der Waals surface area (Å²) >= 11 is 1.22. The summed E-state index contributed by atoms with van der Waals surface area (Å²) in [5.74, 6) is -1.19. The largest absolute Gasteiger partial charge is 0.207 e. The Morgan fingerprint density at radius 1 is 0.857 bits per heavy atom. The van der Waals surface area contributed by atoms with E-state index >= 15 is 0 Å². The van der Waals surface area contributed by atoms with E-state index in [4.69, 9.17) is 5.26 Å². The lowest BCUT2D eigenvalue weighted by molar-refractivity contribution is 0.566. The summed E-state index contributed by atoms with van der Waals surface area (Å²) < 4.78 is 26.7. The van der Waals surface area contributed by atoms with Crippen LogP contribution in [0.15, 0.2) is 64.4 Å². The van der Waals surface area contributed by atoms with Crippen LogP contribution in [0.5, 0.6) is 0 Å². The van der Waals surface area contributed by atoms with Crippen molar-refractivity contribution < 1.29 is 8.78 Å². The third-order valence-electron chi connectivity index (χ3n) is 3.12. The van der Waals surface area contributed by atoms with Crippen LogP contribution in [0.25, 0.3) is 10.8 Å². The Hall–Kier alpha value is -2.38. The van der Waals surface area contributed by atoms with Crippen LogP contribution < -0.4 is 0 Å². The molecule has 3 rings (SSSR count). The second-order valence-corrected chi connectivity index (χ2v) is 5.53. The minimum atomic E-state index is -0.596. The zero-order chi connectivity index (χ0) is 14.8. The summed E-state index contributed by atoms with van der Waals surface area (Å²) in [6, 6.07) is 16.6. The fourth-order valence-corrected chi connectivity index (χ4v) is 3.09. The van der Waals surface area contributed by atoms with E-state index in [0.717, 1.165) is 21.7 Å². The second-order valence-electron chi connectivity index (χ2n) is 4.45. The Bertz CT molecular complexity index is 868. The smallest absolute Gasteiger partial charge is 0.140 e. The van der Waals surface area contributed by atoms with Crippen LogP contribution >= 0.6 is 11.8 Å². The quantitative estimate of drug-likeness (QED) is 0.654. The number of hydrogen-bond donors (Lipinski definition) is 0. The molecule has 0 aliphatic rings. The summed E-state index contributed by atoms with van der Waals surface area (Å²) in [7, 11) is 0. The van der Waals surface area contributed by atoms with Crippen LogP contribution in [0, 0.1) is 23.0 Å². The van der Waals surface area contributed by atoms with Gasteiger partial charge in [-0.2, -0.15) is 5.26 Å². The third-order valence-corrected chi connectivity index (χ3v) is 4.25. The van der Waals surface area contributed by atoms with Gasteiger partial charge in [0.15, 0.2) is 0 Å². The molecule has 0 radical (unpaired) electrons. The van der Waals surface area contributed by atoms with Crippen LogP contribution in [0.4, 0.5) is 8.78 Å². The lowest BCUT2D eigenvalue weighted by Gasteiger charge is -2.08. The minimum absolute atomic E-state index is 0.353. The molecule has 0 unspecified atom stereocenters. The standard InChI is InChI=1S/C17H9F2NS/c18-12-6-8-17(15(19)9-12)21-16-7-5-11(10-20)13-3-1-2-4-14(13)16/h1-9H. The van der Waals surface area contributed by atoms with E-state index in [1.807, 2.05) is 24.3 Å². The second kappa shape index (κ2) is 5.55. The Balaban J connectivity index is 2.12. The highest BCUT2D eigenvalue weighted by molar-refractivity contribution is 7.99. The van der Waals surface area contributed by atoms with Crippen molar-refractivity contribution in [1.29, 1.82) is 5.26 Å². The van der Waals surface area contributed by atoms with Gasteiger partial charge in [-0.3, -0.25) is 0 Å². The number of nitrogens with zero attached hydrogens (tertiary/aromatic N) is 1. The number of halogens is 2. The van der Waals surface area contributed by atoms with Crippen molar-refractivity contribution >= 4 is 22.5 Å². The van der Waals surface area contributed by atoms with Crippen LogP contribution in [0.1, 0.15) is 5.56 Å². The Kier molecular flexibility index (Phi) is 3.59. The van der Waals surface area contributed by atoms with Gasteiger partial charge in [0.2, 0.25) is 0 Å². The Labute approximate surface area is 124 Å². The summed E-state index contributed by atoms with van der Waals surface area (Å²) in [4.78, 5) is 1.18. The monoisotopic (exact) mass is 297 g/mol. The Morgan fingerprint density at radius 2 is 1.57 bits per heavy atom. The highest BCUT2D eigenvalue weighted by Crippen LogP contribution is 2.36. The van der Waals surface area contributed by atoms with E-state index in [2.05, 4.69) is 6.07 Å². The molecule has 0 atom stereocenters. The minimum Gasteiger partial charge on any atom is -0.207 e. The first kappa shape index (κ1) is 13.6. The van der Waals surface area contributed by atoms with E-state index in [0.29, 0.717) is 10.5 Å². The molecule has 0 saturated carbocycles. The van der Waals surface area contributed by atoms with Gasteiger partial charge in [-0.15, -0.1) is 0 Å². The molecule has 21 heavy (non-hydrogen) atoms. The number of nitriles is 1.